The Morgan fingerprint density at radius 2 is 2.18 bits per heavy atom. The third-order valence-corrected chi connectivity index (χ3v) is 3.48. The molecule has 1 aromatic carbocycles. The van der Waals surface area contributed by atoms with Crippen LogP contribution in [-0.4, -0.2) is 33.5 Å². The SMILES string of the molecule is CNc1c(Cl)ncnc1NCCc1nc2ccc(F)cc2[nH]1. The van der Waals surface area contributed by atoms with Crippen molar-refractivity contribution >= 4 is 34.1 Å². The van der Waals surface area contributed by atoms with Gasteiger partial charge < -0.3 is 15.6 Å². The van der Waals surface area contributed by atoms with Gasteiger partial charge in [0.05, 0.1) is 11.0 Å². The molecule has 0 spiro atoms. The maximum absolute atomic E-state index is 13.1. The number of nitrogens with one attached hydrogen (secondary N) is 3. The highest BCUT2D eigenvalue weighted by Crippen LogP contribution is 2.25. The number of hydrogen-bond donors (Lipinski definition) is 3. The zero-order valence-electron chi connectivity index (χ0n) is 11.8. The van der Waals surface area contributed by atoms with Crippen molar-refractivity contribution in [2.75, 3.05) is 24.2 Å². The molecule has 0 saturated heterocycles. The number of rotatable bonds is 5. The van der Waals surface area contributed by atoms with Crippen molar-refractivity contribution in [2.24, 2.45) is 0 Å². The largest absolute Gasteiger partial charge is 0.383 e. The molecule has 0 saturated carbocycles. The second-order valence-electron chi connectivity index (χ2n) is 4.66. The van der Waals surface area contributed by atoms with Crippen molar-refractivity contribution < 1.29 is 4.39 Å². The Balaban J connectivity index is 1.68. The van der Waals surface area contributed by atoms with Gasteiger partial charge in [0.2, 0.25) is 0 Å². The van der Waals surface area contributed by atoms with E-state index in [1.807, 2.05) is 0 Å². The molecule has 0 amide bonds. The number of hydrogen-bond acceptors (Lipinski definition) is 5. The van der Waals surface area contributed by atoms with Crippen molar-refractivity contribution in [1.82, 2.24) is 19.9 Å². The molecular formula is C14H14ClFN6. The minimum Gasteiger partial charge on any atom is -0.383 e. The van der Waals surface area contributed by atoms with Gasteiger partial charge in [-0.1, -0.05) is 11.6 Å². The standard InChI is InChI=1S/C14H14ClFN6/c1-17-12-13(15)19-7-20-14(12)18-5-4-11-21-9-3-2-8(16)6-10(9)22-11/h2-3,6-7,17H,4-5H2,1H3,(H,21,22)(H,18,19,20). The van der Waals surface area contributed by atoms with Crippen molar-refractivity contribution in [3.63, 3.8) is 0 Å². The zero-order valence-corrected chi connectivity index (χ0v) is 12.6. The number of nitrogens with zero attached hydrogens (tertiary/aromatic N) is 3. The third-order valence-electron chi connectivity index (χ3n) is 3.20. The quantitative estimate of drug-likeness (QED) is 0.630. The monoisotopic (exact) mass is 320 g/mol. The highest BCUT2D eigenvalue weighted by atomic mass is 35.5. The topological polar surface area (TPSA) is 78.5 Å². The lowest BCUT2D eigenvalue weighted by Gasteiger charge is -2.10. The number of H-pyrrole nitrogens is 1. The van der Waals surface area contributed by atoms with E-state index in [1.165, 1.54) is 18.5 Å². The van der Waals surface area contributed by atoms with E-state index < -0.39 is 0 Å². The molecule has 0 atom stereocenters. The van der Waals surface area contributed by atoms with Crippen LogP contribution in [0.3, 0.4) is 0 Å². The Labute approximate surface area is 131 Å². The molecular weight excluding hydrogens is 307 g/mol. The molecule has 0 aliphatic heterocycles. The molecule has 0 aliphatic carbocycles. The normalized spacial score (nSPS) is 10.9. The summed E-state index contributed by atoms with van der Waals surface area (Å²) in [7, 11) is 1.75. The maximum Gasteiger partial charge on any atom is 0.157 e. The van der Waals surface area contributed by atoms with Gasteiger partial charge >= 0.3 is 0 Å². The van der Waals surface area contributed by atoms with E-state index in [0.717, 1.165) is 11.3 Å². The Morgan fingerprint density at radius 3 is 3.00 bits per heavy atom. The molecule has 3 aromatic rings. The van der Waals surface area contributed by atoms with E-state index in [0.29, 0.717) is 35.1 Å². The molecule has 0 fully saturated rings. The first-order valence-corrected chi connectivity index (χ1v) is 7.11. The fourth-order valence-electron chi connectivity index (χ4n) is 2.17. The lowest BCUT2D eigenvalue weighted by Crippen LogP contribution is -2.10. The van der Waals surface area contributed by atoms with Crippen LogP contribution in [0.1, 0.15) is 5.82 Å². The molecule has 6 nitrogen and oxygen atoms in total. The summed E-state index contributed by atoms with van der Waals surface area (Å²) in [5.74, 6) is 1.12. The Kier molecular flexibility index (Phi) is 4.06. The van der Waals surface area contributed by atoms with Crippen LogP contribution in [0.2, 0.25) is 5.15 Å². The summed E-state index contributed by atoms with van der Waals surface area (Å²) in [6.45, 7) is 0.602. The summed E-state index contributed by atoms with van der Waals surface area (Å²) in [5.41, 5.74) is 2.09. The smallest absolute Gasteiger partial charge is 0.157 e. The van der Waals surface area contributed by atoms with E-state index >= 15 is 0 Å². The Morgan fingerprint density at radius 1 is 1.32 bits per heavy atom. The highest BCUT2D eigenvalue weighted by Gasteiger charge is 2.08. The predicted octanol–water partition coefficient (Wildman–Crippen LogP) is 2.84. The summed E-state index contributed by atoms with van der Waals surface area (Å²) < 4.78 is 13.1. The first kappa shape index (κ1) is 14.5. The Hall–Kier alpha value is -2.41. The van der Waals surface area contributed by atoms with Crippen molar-refractivity contribution in [3.8, 4) is 0 Å². The molecule has 0 unspecified atom stereocenters. The zero-order chi connectivity index (χ0) is 15.5. The highest BCUT2D eigenvalue weighted by molar-refractivity contribution is 6.32. The summed E-state index contributed by atoms with van der Waals surface area (Å²) in [6.07, 6.45) is 2.04. The molecule has 3 rings (SSSR count). The first-order valence-electron chi connectivity index (χ1n) is 6.73. The fourth-order valence-corrected chi connectivity index (χ4v) is 2.40. The van der Waals surface area contributed by atoms with Crippen LogP contribution in [0.5, 0.6) is 0 Å². The fraction of sp³-hybridized carbons (Fsp3) is 0.214. The lowest BCUT2D eigenvalue weighted by atomic mass is 10.3. The van der Waals surface area contributed by atoms with Gasteiger partial charge in [-0.3, -0.25) is 0 Å². The van der Waals surface area contributed by atoms with Gasteiger partial charge in [-0.2, -0.15) is 0 Å². The van der Waals surface area contributed by atoms with Crippen LogP contribution in [0, 0.1) is 5.82 Å². The van der Waals surface area contributed by atoms with Crippen molar-refractivity contribution in [1.29, 1.82) is 0 Å². The first-order chi connectivity index (χ1) is 10.7. The molecule has 0 aliphatic rings. The molecule has 0 radical (unpaired) electrons. The van der Waals surface area contributed by atoms with Crippen LogP contribution in [-0.2, 0) is 6.42 Å². The van der Waals surface area contributed by atoms with Gasteiger partial charge in [0.25, 0.3) is 0 Å². The van der Waals surface area contributed by atoms with Gasteiger partial charge in [0, 0.05) is 20.0 Å². The van der Waals surface area contributed by atoms with Crippen molar-refractivity contribution in [2.45, 2.75) is 6.42 Å². The summed E-state index contributed by atoms with van der Waals surface area (Å²) in [4.78, 5) is 15.6. The van der Waals surface area contributed by atoms with E-state index in [4.69, 9.17) is 11.6 Å². The number of benzene rings is 1. The second kappa shape index (κ2) is 6.15. The van der Waals surface area contributed by atoms with Crippen LogP contribution in [0.25, 0.3) is 11.0 Å². The number of fused-ring (bicyclic) bond motifs is 1. The third kappa shape index (κ3) is 2.94. The minimum atomic E-state index is -0.282. The van der Waals surface area contributed by atoms with Crippen LogP contribution >= 0.6 is 11.6 Å². The molecule has 0 bridgehead atoms. The maximum atomic E-state index is 13.1. The van der Waals surface area contributed by atoms with Crippen LogP contribution in [0.4, 0.5) is 15.9 Å². The summed E-state index contributed by atoms with van der Waals surface area (Å²) in [6, 6.07) is 4.48. The average molecular weight is 321 g/mol. The van der Waals surface area contributed by atoms with E-state index in [1.54, 1.807) is 13.1 Å². The second-order valence-corrected chi connectivity index (χ2v) is 5.02. The van der Waals surface area contributed by atoms with Gasteiger partial charge in [-0.05, 0) is 18.2 Å². The lowest BCUT2D eigenvalue weighted by molar-refractivity contribution is 0.629. The molecule has 2 aromatic heterocycles. The minimum absolute atomic E-state index is 0.282. The molecule has 114 valence electrons. The molecule has 2 heterocycles. The average Bonchev–Trinajstić information content (AvgIpc) is 2.89. The van der Waals surface area contributed by atoms with E-state index in [9.17, 15) is 4.39 Å². The molecule has 3 N–H and O–H groups in total. The van der Waals surface area contributed by atoms with Crippen molar-refractivity contribution in [3.05, 3.63) is 41.3 Å². The predicted molar refractivity (Wildman–Crippen MR) is 84.8 cm³/mol. The van der Waals surface area contributed by atoms with Crippen LogP contribution < -0.4 is 10.6 Å². The van der Waals surface area contributed by atoms with Crippen LogP contribution in [0.15, 0.2) is 24.5 Å². The van der Waals surface area contributed by atoms with E-state index in [-0.39, 0.29) is 5.82 Å². The molecule has 8 heteroatoms. The Bertz CT molecular complexity index is 803. The van der Waals surface area contributed by atoms with Gasteiger partial charge in [0.1, 0.15) is 23.7 Å². The number of anilines is 2. The van der Waals surface area contributed by atoms with Gasteiger partial charge in [-0.15, -0.1) is 0 Å². The van der Waals surface area contributed by atoms with Gasteiger partial charge in [0.15, 0.2) is 11.0 Å². The number of aromatic nitrogens is 4. The van der Waals surface area contributed by atoms with Gasteiger partial charge in [-0.25, -0.2) is 19.3 Å². The number of halogens is 2. The molecule has 22 heavy (non-hydrogen) atoms. The number of imidazole rings is 1. The summed E-state index contributed by atoms with van der Waals surface area (Å²) in [5, 5.41) is 6.49. The van der Waals surface area contributed by atoms with E-state index in [2.05, 4.69) is 30.6 Å². The number of aromatic amines is 1. The summed E-state index contributed by atoms with van der Waals surface area (Å²) >= 11 is 5.99.